The quantitative estimate of drug-likeness (QED) is 0.701. The van der Waals surface area contributed by atoms with Crippen molar-refractivity contribution in [1.29, 1.82) is 0 Å². The second kappa shape index (κ2) is 5.36. The van der Waals surface area contributed by atoms with Crippen molar-refractivity contribution < 1.29 is 14.3 Å². The summed E-state index contributed by atoms with van der Waals surface area (Å²) in [6.07, 6.45) is 7.70. The number of nitrogens with zero attached hydrogens (tertiary/aromatic N) is 1. The second-order valence-electron chi connectivity index (χ2n) is 5.44. The van der Waals surface area contributed by atoms with E-state index in [1.165, 1.54) is 39.2 Å². The fraction of sp³-hybridized carbons (Fsp3) is 0.923. The average Bonchev–Trinajstić information content (AvgIpc) is 2.90. The van der Waals surface area contributed by atoms with Crippen molar-refractivity contribution in [3.8, 4) is 0 Å². The largest absolute Gasteiger partial charge is 0.468 e. The molecule has 0 aromatic heterocycles. The van der Waals surface area contributed by atoms with Gasteiger partial charge in [0.1, 0.15) is 0 Å². The van der Waals surface area contributed by atoms with Gasteiger partial charge in [-0.2, -0.15) is 0 Å². The highest BCUT2D eigenvalue weighted by atomic mass is 16.5. The molecule has 2 rings (SSSR count). The molecular weight excluding hydrogens is 218 g/mol. The Kier molecular flexibility index (Phi) is 4.05. The van der Waals surface area contributed by atoms with Crippen molar-refractivity contribution in [2.75, 3.05) is 27.2 Å². The van der Waals surface area contributed by atoms with Crippen LogP contribution in [0.1, 0.15) is 38.5 Å². The monoisotopic (exact) mass is 241 g/mol. The Balaban J connectivity index is 1.75. The first-order valence-corrected chi connectivity index (χ1v) is 6.57. The molecule has 0 N–H and O–H groups in total. The van der Waals surface area contributed by atoms with Crippen molar-refractivity contribution in [3.05, 3.63) is 0 Å². The van der Waals surface area contributed by atoms with Crippen LogP contribution in [0.5, 0.6) is 0 Å². The molecule has 1 spiro atoms. The van der Waals surface area contributed by atoms with Gasteiger partial charge in [-0.25, -0.2) is 0 Å². The van der Waals surface area contributed by atoms with E-state index in [9.17, 15) is 4.79 Å². The molecular formula is C13H23NO3. The fourth-order valence-electron chi connectivity index (χ4n) is 3.11. The van der Waals surface area contributed by atoms with Gasteiger partial charge in [0.25, 0.3) is 0 Å². The summed E-state index contributed by atoms with van der Waals surface area (Å²) in [7, 11) is 3.37. The van der Waals surface area contributed by atoms with Crippen LogP contribution in [-0.2, 0) is 14.3 Å². The van der Waals surface area contributed by atoms with E-state index < -0.39 is 0 Å². The minimum absolute atomic E-state index is 0.180. The Morgan fingerprint density at radius 3 is 2.76 bits per heavy atom. The molecule has 1 atom stereocenters. The molecule has 2 aliphatic rings. The third-order valence-electron chi connectivity index (χ3n) is 4.00. The van der Waals surface area contributed by atoms with E-state index in [4.69, 9.17) is 4.74 Å². The third-order valence-corrected chi connectivity index (χ3v) is 4.00. The number of carbonyl (C=O) groups excluding carboxylic acids is 1. The van der Waals surface area contributed by atoms with Gasteiger partial charge in [-0.3, -0.25) is 9.69 Å². The van der Waals surface area contributed by atoms with Gasteiger partial charge in [0.15, 0.2) is 0 Å². The zero-order valence-electron chi connectivity index (χ0n) is 10.9. The van der Waals surface area contributed by atoms with Gasteiger partial charge in [-0.1, -0.05) is 12.8 Å². The molecule has 1 unspecified atom stereocenters. The lowest BCUT2D eigenvalue weighted by Crippen LogP contribution is -2.35. The summed E-state index contributed by atoms with van der Waals surface area (Å²) in [5.41, 5.74) is 0.191. The molecule has 2 fully saturated rings. The molecule has 17 heavy (non-hydrogen) atoms. The predicted octanol–water partition coefficient (Wildman–Crippen LogP) is 1.58. The maximum Gasteiger partial charge on any atom is 0.319 e. The summed E-state index contributed by atoms with van der Waals surface area (Å²) < 4.78 is 10.9. The number of rotatable bonds is 4. The zero-order chi connectivity index (χ0) is 12.3. The molecule has 0 bridgehead atoms. The summed E-state index contributed by atoms with van der Waals surface area (Å²) in [6.45, 7) is 1.18. The minimum atomic E-state index is -0.180. The lowest BCUT2D eigenvalue weighted by molar-refractivity contribution is -0.142. The molecule has 0 aromatic carbocycles. The Bertz CT molecular complexity index is 274. The number of hydrogen-bond acceptors (Lipinski definition) is 4. The van der Waals surface area contributed by atoms with Crippen LogP contribution in [0.3, 0.4) is 0 Å². The highest BCUT2D eigenvalue weighted by Gasteiger charge is 2.42. The standard InChI is InChI=1S/C13H23NO3/c1-14(10-12(15)16-2)9-11-5-8-13(17-11)6-3-4-7-13/h11H,3-10H2,1-2H3. The average molecular weight is 241 g/mol. The zero-order valence-corrected chi connectivity index (χ0v) is 10.9. The maximum atomic E-state index is 11.1. The van der Waals surface area contributed by atoms with Crippen molar-refractivity contribution >= 4 is 5.97 Å². The smallest absolute Gasteiger partial charge is 0.319 e. The van der Waals surface area contributed by atoms with E-state index in [-0.39, 0.29) is 11.6 Å². The summed E-state index contributed by atoms with van der Waals surface area (Å²) in [5, 5.41) is 0. The van der Waals surface area contributed by atoms with Gasteiger partial charge in [-0.15, -0.1) is 0 Å². The number of esters is 1. The molecule has 98 valence electrons. The van der Waals surface area contributed by atoms with Gasteiger partial charge in [-0.05, 0) is 32.7 Å². The van der Waals surface area contributed by atoms with Crippen LogP contribution in [0.15, 0.2) is 0 Å². The second-order valence-corrected chi connectivity index (χ2v) is 5.44. The fourth-order valence-corrected chi connectivity index (χ4v) is 3.11. The molecule has 1 aliphatic heterocycles. The minimum Gasteiger partial charge on any atom is -0.468 e. The van der Waals surface area contributed by atoms with Crippen molar-refractivity contribution in [2.45, 2.75) is 50.2 Å². The van der Waals surface area contributed by atoms with Crippen molar-refractivity contribution in [1.82, 2.24) is 4.90 Å². The van der Waals surface area contributed by atoms with E-state index in [0.29, 0.717) is 12.6 Å². The van der Waals surface area contributed by atoms with Crippen LogP contribution in [0, 0.1) is 0 Å². The molecule has 0 amide bonds. The SMILES string of the molecule is COC(=O)CN(C)CC1CCC2(CCCC2)O1. The number of carbonyl (C=O) groups is 1. The molecule has 0 aromatic rings. The summed E-state index contributed by atoms with van der Waals surface area (Å²) in [5.74, 6) is -0.180. The third kappa shape index (κ3) is 3.19. The molecule has 1 aliphatic carbocycles. The van der Waals surface area contributed by atoms with Crippen LogP contribution in [0.2, 0.25) is 0 Å². The van der Waals surface area contributed by atoms with Gasteiger partial charge in [0.05, 0.1) is 25.4 Å². The first-order chi connectivity index (χ1) is 8.13. The molecule has 4 nitrogen and oxygen atoms in total. The van der Waals surface area contributed by atoms with Gasteiger partial charge in [0, 0.05) is 6.54 Å². The van der Waals surface area contributed by atoms with Gasteiger partial charge >= 0.3 is 5.97 Å². The summed E-state index contributed by atoms with van der Waals surface area (Å²) in [6, 6.07) is 0. The van der Waals surface area contributed by atoms with E-state index in [2.05, 4.69) is 4.74 Å². The number of methoxy groups -OCH3 is 1. The van der Waals surface area contributed by atoms with Gasteiger partial charge in [0.2, 0.25) is 0 Å². The number of likely N-dealkylation sites (N-methyl/N-ethyl adjacent to an activating group) is 1. The molecule has 4 heteroatoms. The van der Waals surface area contributed by atoms with Crippen LogP contribution in [0.4, 0.5) is 0 Å². The summed E-state index contributed by atoms with van der Waals surface area (Å²) in [4.78, 5) is 13.1. The van der Waals surface area contributed by atoms with Crippen LogP contribution >= 0.6 is 0 Å². The van der Waals surface area contributed by atoms with E-state index >= 15 is 0 Å². The van der Waals surface area contributed by atoms with Crippen LogP contribution < -0.4 is 0 Å². The van der Waals surface area contributed by atoms with Crippen molar-refractivity contribution in [2.24, 2.45) is 0 Å². The lowest BCUT2D eigenvalue weighted by atomic mass is 9.98. The Morgan fingerprint density at radius 2 is 2.12 bits per heavy atom. The number of hydrogen-bond donors (Lipinski definition) is 0. The van der Waals surface area contributed by atoms with E-state index in [1.54, 1.807) is 0 Å². The summed E-state index contributed by atoms with van der Waals surface area (Å²) >= 11 is 0. The lowest BCUT2D eigenvalue weighted by Gasteiger charge is -2.25. The molecule has 0 radical (unpaired) electrons. The normalized spacial score (nSPS) is 26.9. The highest BCUT2D eigenvalue weighted by Crippen LogP contribution is 2.43. The van der Waals surface area contributed by atoms with Gasteiger partial charge < -0.3 is 9.47 Å². The Labute approximate surface area is 103 Å². The highest BCUT2D eigenvalue weighted by molar-refractivity contribution is 5.71. The maximum absolute atomic E-state index is 11.1. The molecule has 1 saturated carbocycles. The Hall–Kier alpha value is -0.610. The Morgan fingerprint density at radius 1 is 1.41 bits per heavy atom. The van der Waals surface area contributed by atoms with Crippen LogP contribution in [0.25, 0.3) is 0 Å². The van der Waals surface area contributed by atoms with Crippen molar-refractivity contribution in [3.63, 3.8) is 0 Å². The van der Waals surface area contributed by atoms with E-state index in [0.717, 1.165) is 13.0 Å². The predicted molar refractivity (Wildman–Crippen MR) is 64.8 cm³/mol. The van der Waals surface area contributed by atoms with E-state index in [1.807, 2.05) is 11.9 Å². The first kappa shape index (κ1) is 12.8. The number of ether oxygens (including phenoxy) is 2. The molecule has 1 saturated heterocycles. The van der Waals surface area contributed by atoms with Crippen LogP contribution in [-0.4, -0.2) is 49.8 Å². The topological polar surface area (TPSA) is 38.8 Å². The first-order valence-electron chi connectivity index (χ1n) is 6.57. The molecule has 1 heterocycles.